The number of pyridine rings is 1. The highest BCUT2D eigenvalue weighted by molar-refractivity contribution is 7.15. The van der Waals surface area contributed by atoms with E-state index >= 15 is 0 Å². The van der Waals surface area contributed by atoms with E-state index in [-0.39, 0.29) is 11.0 Å². The van der Waals surface area contributed by atoms with E-state index in [4.69, 9.17) is 11.6 Å². The molecule has 22 heavy (non-hydrogen) atoms. The Morgan fingerprint density at radius 2 is 2.23 bits per heavy atom. The normalized spacial score (nSPS) is 10.8. The summed E-state index contributed by atoms with van der Waals surface area (Å²) in [5.41, 5.74) is 0.131. The average Bonchev–Trinajstić information content (AvgIpc) is 2.96. The molecule has 1 aromatic carbocycles. The molecule has 0 spiro atoms. The predicted octanol–water partition coefficient (Wildman–Crippen LogP) is 2.85. The van der Waals surface area contributed by atoms with E-state index in [0.717, 1.165) is 11.4 Å². The second-order valence-electron chi connectivity index (χ2n) is 4.50. The van der Waals surface area contributed by atoms with Crippen LogP contribution in [0.5, 0.6) is 0 Å². The number of carbonyl (C=O) groups excluding carboxylic acids is 1. The van der Waals surface area contributed by atoms with Gasteiger partial charge in [0.2, 0.25) is 10.6 Å². The number of carbonyl (C=O) groups is 1. The minimum Gasteiger partial charge on any atom is -0.359 e. The van der Waals surface area contributed by atoms with Gasteiger partial charge in [0.05, 0.1) is 10.5 Å². The van der Waals surface area contributed by atoms with Crippen molar-refractivity contribution in [1.82, 2.24) is 15.2 Å². The third-order valence-electron chi connectivity index (χ3n) is 3.10. The fourth-order valence-electron chi connectivity index (χ4n) is 2.00. The molecule has 3 aromatic rings. The number of fused-ring (bicyclic) bond motifs is 1. The van der Waals surface area contributed by atoms with Gasteiger partial charge in [-0.2, -0.15) is 0 Å². The molecular weight excluding hydrogens is 324 g/mol. The van der Waals surface area contributed by atoms with Crippen molar-refractivity contribution < 1.29 is 4.79 Å². The highest BCUT2D eigenvalue weighted by Gasteiger charge is 2.15. The average molecular weight is 335 g/mol. The lowest BCUT2D eigenvalue weighted by molar-refractivity contribution is 0.102. The summed E-state index contributed by atoms with van der Waals surface area (Å²) in [6.07, 6.45) is 2.09. The first-order chi connectivity index (χ1) is 10.6. The van der Waals surface area contributed by atoms with Crippen LogP contribution >= 0.6 is 22.9 Å². The van der Waals surface area contributed by atoms with E-state index in [9.17, 15) is 9.59 Å². The molecule has 0 saturated carbocycles. The molecule has 2 aromatic heterocycles. The lowest BCUT2D eigenvalue weighted by Crippen LogP contribution is -2.21. The van der Waals surface area contributed by atoms with Crippen molar-refractivity contribution in [1.29, 1.82) is 0 Å². The molecule has 3 rings (SSSR count). The number of aromatic amines is 1. The number of aromatic nitrogens is 3. The van der Waals surface area contributed by atoms with Gasteiger partial charge in [0.1, 0.15) is 10.6 Å². The molecule has 8 heteroatoms. The molecule has 0 unspecified atom stereocenters. The first-order valence-corrected chi connectivity index (χ1v) is 7.73. The summed E-state index contributed by atoms with van der Waals surface area (Å²) >= 11 is 7.30. The van der Waals surface area contributed by atoms with Crippen LogP contribution in [0.15, 0.2) is 29.2 Å². The quantitative estimate of drug-likeness (QED) is 0.771. The molecule has 0 saturated heterocycles. The molecule has 0 aliphatic rings. The maximum atomic E-state index is 12.4. The van der Waals surface area contributed by atoms with Crippen LogP contribution in [0.2, 0.25) is 5.02 Å². The number of H-pyrrole nitrogens is 1. The van der Waals surface area contributed by atoms with Crippen LogP contribution in [0.25, 0.3) is 10.9 Å². The maximum Gasteiger partial charge on any atom is 0.262 e. The van der Waals surface area contributed by atoms with Gasteiger partial charge in [0, 0.05) is 11.6 Å². The van der Waals surface area contributed by atoms with Gasteiger partial charge in [0.25, 0.3) is 5.91 Å². The van der Waals surface area contributed by atoms with Crippen molar-refractivity contribution in [2.45, 2.75) is 13.3 Å². The number of anilines is 1. The Balaban J connectivity index is 1.97. The van der Waals surface area contributed by atoms with Crippen LogP contribution in [0.3, 0.4) is 0 Å². The molecule has 0 aliphatic heterocycles. The summed E-state index contributed by atoms with van der Waals surface area (Å²) in [6.45, 7) is 1.95. The van der Waals surface area contributed by atoms with Crippen molar-refractivity contribution in [2.24, 2.45) is 0 Å². The summed E-state index contributed by atoms with van der Waals surface area (Å²) in [6, 6.07) is 4.96. The molecule has 1 amide bonds. The third kappa shape index (κ3) is 2.60. The zero-order chi connectivity index (χ0) is 15.7. The fraction of sp³-hybridized carbons (Fsp3) is 0.143. The van der Waals surface area contributed by atoms with Gasteiger partial charge >= 0.3 is 0 Å². The zero-order valence-electron chi connectivity index (χ0n) is 11.5. The lowest BCUT2D eigenvalue weighted by Gasteiger charge is -2.04. The standard InChI is InChI=1S/C14H11ClN4O2S/c1-2-10-18-19-14(22-10)17-13(21)8-6-16-11-7(12(8)20)4-3-5-9(11)15/h3-6H,2H2,1H3,(H,16,20)(H,17,19,21). The van der Waals surface area contributed by atoms with Gasteiger partial charge in [0.15, 0.2) is 0 Å². The predicted molar refractivity (Wildman–Crippen MR) is 86.8 cm³/mol. The van der Waals surface area contributed by atoms with E-state index in [1.807, 2.05) is 6.92 Å². The lowest BCUT2D eigenvalue weighted by atomic mass is 10.1. The molecule has 0 fully saturated rings. The van der Waals surface area contributed by atoms with E-state index in [0.29, 0.717) is 21.1 Å². The number of rotatable bonds is 3. The van der Waals surface area contributed by atoms with Crippen LogP contribution in [0.4, 0.5) is 5.13 Å². The largest absolute Gasteiger partial charge is 0.359 e. The van der Waals surface area contributed by atoms with Crippen LogP contribution in [0, 0.1) is 0 Å². The third-order valence-corrected chi connectivity index (χ3v) is 4.40. The SMILES string of the molecule is CCc1nnc(NC(=O)c2c[nH]c3c(Cl)cccc3c2=O)s1. The van der Waals surface area contributed by atoms with Crippen molar-refractivity contribution in [2.75, 3.05) is 5.32 Å². The van der Waals surface area contributed by atoms with Crippen molar-refractivity contribution >= 4 is 44.9 Å². The summed E-state index contributed by atoms with van der Waals surface area (Å²) in [4.78, 5) is 27.5. The topological polar surface area (TPSA) is 87.7 Å². The van der Waals surface area contributed by atoms with Crippen molar-refractivity contribution in [3.05, 3.63) is 50.2 Å². The minimum absolute atomic E-state index is 0.00279. The van der Waals surface area contributed by atoms with E-state index in [1.54, 1.807) is 18.2 Å². The number of para-hydroxylation sites is 1. The molecule has 2 N–H and O–H groups in total. The van der Waals surface area contributed by atoms with E-state index in [2.05, 4.69) is 20.5 Å². The first-order valence-electron chi connectivity index (χ1n) is 6.53. The summed E-state index contributed by atoms with van der Waals surface area (Å²) in [7, 11) is 0. The maximum absolute atomic E-state index is 12.4. The van der Waals surface area contributed by atoms with E-state index in [1.165, 1.54) is 17.5 Å². The Morgan fingerprint density at radius 1 is 1.41 bits per heavy atom. The molecule has 2 heterocycles. The van der Waals surface area contributed by atoms with Crippen LogP contribution in [0.1, 0.15) is 22.3 Å². The Hall–Kier alpha value is -2.25. The highest BCUT2D eigenvalue weighted by Crippen LogP contribution is 2.19. The second-order valence-corrected chi connectivity index (χ2v) is 5.97. The van der Waals surface area contributed by atoms with E-state index < -0.39 is 5.91 Å². The van der Waals surface area contributed by atoms with Crippen LogP contribution < -0.4 is 10.7 Å². The van der Waals surface area contributed by atoms with Crippen LogP contribution in [-0.2, 0) is 6.42 Å². The Bertz CT molecular complexity index is 919. The Morgan fingerprint density at radius 3 is 2.95 bits per heavy atom. The second kappa shape index (κ2) is 5.86. The first kappa shape index (κ1) is 14.7. The number of aryl methyl sites for hydroxylation is 1. The van der Waals surface area contributed by atoms with Crippen molar-refractivity contribution in [3.8, 4) is 0 Å². The number of benzene rings is 1. The zero-order valence-corrected chi connectivity index (χ0v) is 13.1. The smallest absolute Gasteiger partial charge is 0.262 e. The Kier molecular flexibility index (Phi) is 3.91. The van der Waals surface area contributed by atoms with Gasteiger partial charge in [-0.1, -0.05) is 35.9 Å². The van der Waals surface area contributed by atoms with Crippen molar-refractivity contribution in [3.63, 3.8) is 0 Å². The molecule has 0 atom stereocenters. The van der Waals surface area contributed by atoms with Gasteiger partial charge in [-0.3, -0.25) is 14.9 Å². The molecule has 0 radical (unpaired) electrons. The van der Waals surface area contributed by atoms with Gasteiger partial charge < -0.3 is 4.98 Å². The monoisotopic (exact) mass is 334 g/mol. The van der Waals surface area contributed by atoms with Gasteiger partial charge in [-0.25, -0.2) is 0 Å². The van der Waals surface area contributed by atoms with Crippen LogP contribution in [-0.4, -0.2) is 21.1 Å². The van der Waals surface area contributed by atoms with Gasteiger partial charge in [-0.15, -0.1) is 10.2 Å². The number of hydrogen-bond acceptors (Lipinski definition) is 5. The molecule has 0 aliphatic carbocycles. The highest BCUT2D eigenvalue weighted by atomic mass is 35.5. The number of nitrogens with one attached hydrogen (secondary N) is 2. The van der Waals surface area contributed by atoms with Gasteiger partial charge in [-0.05, 0) is 18.6 Å². The molecule has 112 valence electrons. The minimum atomic E-state index is -0.526. The molecular formula is C14H11ClN4O2S. The number of nitrogens with zero attached hydrogens (tertiary/aromatic N) is 2. The molecule has 0 bridgehead atoms. The summed E-state index contributed by atoms with van der Waals surface area (Å²) in [5, 5.41) is 12.3. The number of amides is 1. The molecule has 6 nitrogen and oxygen atoms in total. The number of halogens is 1. The Labute approximate surface area is 134 Å². The number of hydrogen-bond donors (Lipinski definition) is 2. The summed E-state index contributed by atoms with van der Waals surface area (Å²) in [5.74, 6) is -0.526. The fourth-order valence-corrected chi connectivity index (χ4v) is 2.90. The summed E-state index contributed by atoms with van der Waals surface area (Å²) < 4.78 is 0.